The predicted octanol–water partition coefficient (Wildman–Crippen LogP) is 4.48. The second kappa shape index (κ2) is 6.66. The summed E-state index contributed by atoms with van der Waals surface area (Å²) in [6, 6.07) is 5.88. The molecule has 118 valence electrons. The minimum atomic E-state index is -1.66. The van der Waals surface area contributed by atoms with Crippen LogP contribution in [0.15, 0.2) is 23.4 Å². The van der Waals surface area contributed by atoms with Gasteiger partial charge in [-0.25, -0.2) is 0 Å². The standard InChI is InChI=1S/C15H27NO3Si2/c1-12(16-19-21(6,7)8)13-9-10-14(15(11-13)17-2)18-20(3,4)5/h9-11H,1-8H3. The van der Waals surface area contributed by atoms with Crippen molar-refractivity contribution in [1.82, 2.24) is 0 Å². The average Bonchev–Trinajstić information content (AvgIpc) is 2.33. The molecule has 1 aromatic carbocycles. The summed E-state index contributed by atoms with van der Waals surface area (Å²) in [5, 5.41) is 4.24. The quantitative estimate of drug-likeness (QED) is 0.440. The SMILES string of the molecule is COc1cc(C(C)=NO[Si](C)(C)C)ccc1O[Si](C)(C)C. The molecule has 4 nitrogen and oxygen atoms in total. The first-order chi connectivity index (χ1) is 9.52. The molecule has 1 rings (SSSR count). The zero-order valence-corrected chi connectivity index (χ0v) is 16.4. The highest BCUT2D eigenvalue weighted by atomic mass is 28.4. The van der Waals surface area contributed by atoms with Crippen LogP contribution in [0.2, 0.25) is 39.3 Å². The summed E-state index contributed by atoms with van der Waals surface area (Å²) in [6.45, 7) is 14.7. The fraction of sp³-hybridized carbons (Fsp3) is 0.533. The summed E-state index contributed by atoms with van der Waals surface area (Å²) in [5.41, 5.74) is 1.82. The van der Waals surface area contributed by atoms with Crippen LogP contribution in [0.5, 0.6) is 11.5 Å². The van der Waals surface area contributed by atoms with E-state index in [2.05, 4.69) is 44.4 Å². The Balaban J connectivity index is 3.02. The molecule has 1 aromatic rings. The molecule has 0 N–H and O–H groups in total. The van der Waals surface area contributed by atoms with Crippen LogP contribution < -0.4 is 9.16 Å². The van der Waals surface area contributed by atoms with Crippen molar-refractivity contribution in [3.63, 3.8) is 0 Å². The van der Waals surface area contributed by atoms with E-state index in [4.69, 9.17) is 13.7 Å². The Labute approximate surface area is 130 Å². The highest BCUT2D eigenvalue weighted by Gasteiger charge is 2.19. The molecule has 0 saturated carbocycles. The molecule has 6 heteroatoms. The van der Waals surface area contributed by atoms with Gasteiger partial charge in [0.1, 0.15) is 5.75 Å². The van der Waals surface area contributed by atoms with Gasteiger partial charge in [-0.2, -0.15) is 0 Å². The van der Waals surface area contributed by atoms with Gasteiger partial charge in [0.2, 0.25) is 8.32 Å². The van der Waals surface area contributed by atoms with E-state index in [0.29, 0.717) is 0 Å². The largest absolute Gasteiger partial charge is 0.542 e. The van der Waals surface area contributed by atoms with E-state index < -0.39 is 16.6 Å². The van der Waals surface area contributed by atoms with E-state index >= 15 is 0 Å². The molecule has 0 atom stereocenters. The van der Waals surface area contributed by atoms with Gasteiger partial charge in [-0.15, -0.1) is 5.16 Å². The molecule has 0 spiro atoms. The fourth-order valence-corrected chi connectivity index (χ4v) is 2.80. The molecule has 0 bridgehead atoms. The molecule has 0 amide bonds. The van der Waals surface area contributed by atoms with Gasteiger partial charge in [0.05, 0.1) is 12.8 Å². The van der Waals surface area contributed by atoms with E-state index in [1.54, 1.807) is 7.11 Å². The highest BCUT2D eigenvalue weighted by molar-refractivity contribution is 6.70. The molecule has 0 heterocycles. The minimum Gasteiger partial charge on any atom is -0.542 e. The number of rotatable bonds is 6. The third-order valence-corrected chi connectivity index (χ3v) is 3.93. The molecular formula is C15H27NO3Si2. The maximum Gasteiger partial charge on any atom is 0.278 e. The van der Waals surface area contributed by atoms with Gasteiger partial charge in [-0.1, -0.05) is 0 Å². The average molecular weight is 326 g/mol. The number of benzene rings is 1. The van der Waals surface area contributed by atoms with Crippen LogP contribution in [0.3, 0.4) is 0 Å². The van der Waals surface area contributed by atoms with Crippen molar-refractivity contribution in [1.29, 1.82) is 0 Å². The number of ether oxygens (including phenoxy) is 1. The Hall–Kier alpha value is -1.28. The molecule has 0 saturated heterocycles. The molecular weight excluding hydrogens is 298 g/mol. The van der Waals surface area contributed by atoms with Crippen molar-refractivity contribution in [3.8, 4) is 11.5 Å². The third-order valence-electron chi connectivity index (χ3n) is 2.45. The predicted molar refractivity (Wildman–Crippen MR) is 93.6 cm³/mol. The van der Waals surface area contributed by atoms with Gasteiger partial charge in [-0.3, -0.25) is 0 Å². The third kappa shape index (κ3) is 6.35. The van der Waals surface area contributed by atoms with E-state index in [0.717, 1.165) is 22.8 Å². The summed E-state index contributed by atoms with van der Waals surface area (Å²) in [4.78, 5) is 0. The molecule has 21 heavy (non-hydrogen) atoms. The highest BCUT2D eigenvalue weighted by Crippen LogP contribution is 2.30. The van der Waals surface area contributed by atoms with Crippen LogP contribution in [-0.4, -0.2) is 29.5 Å². The van der Waals surface area contributed by atoms with Gasteiger partial charge >= 0.3 is 0 Å². The molecule has 0 unspecified atom stereocenters. The van der Waals surface area contributed by atoms with Crippen LogP contribution in [0.1, 0.15) is 12.5 Å². The topological polar surface area (TPSA) is 40.0 Å². The van der Waals surface area contributed by atoms with Gasteiger partial charge in [-0.05, 0) is 64.4 Å². The summed E-state index contributed by atoms with van der Waals surface area (Å²) in [5.74, 6) is 1.52. The lowest BCUT2D eigenvalue weighted by Gasteiger charge is -2.21. The van der Waals surface area contributed by atoms with Crippen molar-refractivity contribution >= 4 is 22.3 Å². The smallest absolute Gasteiger partial charge is 0.278 e. The first-order valence-electron chi connectivity index (χ1n) is 7.12. The minimum absolute atomic E-state index is 0.734. The summed E-state index contributed by atoms with van der Waals surface area (Å²) >= 11 is 0. The summed E-state index contributed by atoms with van der Waals surface area (Å²) in [6.07, 6.45) is 0. The molecule has 0 fully saturated rings. The number of hydrogen-bond acceptors (Lipinski definition) is 4. The van der Waals surface area contributed by atoms with Crippen molar-refractivity contribution in [2.45, 2.75) is 46.2 Å². The first kappa shape index (κ1) is 17.8. The van der Waals surface area contributed by atoms with Gasteiger partial charge in [0.25, 0.3) is 8.32 Å². The van der Waals surface area contributed by atoms with Crippen molar-refractivity contribution in [2.24, 2.45) is 5.16 Å². The number of hydrogen-bond donors (Lipinski definition) is 0. The van der Waals surface area contributed by atoms with Crippen LogP contribution in [0, 0.1) is 0 Å². The lowest BCUT2D eigenvalue weighted by atomic mass is 10.1. The molecule has 0 aliphatic heterocycles. The number of nitrogens with zero attached hydrogens (tertiary/aromatic N) is 1. The number of methoxy groups -OCH3 is 1. The maximum absolute atomic E-state index is 6.02. The normalized spacial score (nSPS) is 13.0. The Bertz CT molecular complexity index is 517. The second-order valence-electron chi connectivity index (χ2n) is 6.96. The van der Waals surface area contributed by atoms with Crippen LogP contribution >= 0.6 is 0 Å². The van der Waals surface area contributed by atoms with E-state index in [9.17, 15) is 0 Å². The first-order valence-corrected chi connectivity index (χ1v) is 13.9. The van der Waals surface area contributed by atoms with E-state index in [1.807, 2.05) is 25.1 Å². The van der Waals surface area contributed by atoms with Gasteiger partial charge in [0.15, 0.2) is 5.75 Å². The van der Waals surface area contributed by atoms with Gasteiger partial charge < -0.3 is 13.7 Å². The molecule has 0 radical (unpaired) electrons. The second-order valence-corrected chi connectivity index (χ2v) is 15.8. The fourth-order valence-electron chi connectivity index (χ4n) is 1.56. The Morgan fingerprint density at radius 2 is 1.57 bits per heavy atom. The van der Waals surface area contributed by atoms with Crippen LogP contribution in [-0.2, 0) is 4.53 Å². The van der Waals surface area contributed by atoms with Crippen molar-refractivity contribution < 1.29 is 13.7 Å². The maximum atomic E-state index is 6.02. The zero-order chi connectivity index (χ0) is 16.3. The van der Waals surface area contributed by atoms with E-state index in [1.165, 1.54) is 0 Å². The van der Waals surface area contributed by atoms with Crippen LogP contribution in [0.4, 0.5) is 0 Å². The number of oxime groups is 1. The van der Waals surface area contributed by atoms with Crippen LogP contribution in [0.25, 0.3) is 0 Å². The van der Waals surface area contributed by atoms with E-state index in [-0.39, 0.29) is 0 Å². The summed E-state index contributed by atoms with van der Waals surface area (Å²) < 4.78 is 17.1. The monoisotopic (exact) mass is 325 g/mol. The summed E-state index contributed by atoms with van der Waals surface area (Å²) in [7, 11) is -1.66. The zero-order valence-electron chi connectivity index (χ0n) is 14.4. The Morgan fingerprint density at radius 1 is 0.952 bits per heavy atom. The Kier molecular flexibility index (Phi) is 5.63. The Morgan fingerprint density at radius 3 is 2.05 bits per heavy atom. The lowest BCUT2D eigenvalue weighted by Crippen LogP contribution is -2.29. The lowest BCUT2D eigenvalue weighted by molar-refractivity contribution is 0.335. The van der Waals surface area contributed by atoms with Gasteiger partial charge in [0, 0.05) is 5.56 Å². The molecule has 0 aliphatic rings. The molecule has 0 aliphatic carbocycles. The van der Waals surface area contributed by atoms with Crippen molar-refractivity contribution in [3.05, 3.63) is 23.8 Å². The van der Waals surface area contributed by atoms with Crippen molar-refractivity contribution in [2.75, 3.05) is 7.11 Å². The molecule has 0 aromatic heterocycles.